The van der Waals surface area contributed by atoms with Crippen molar-refractivity contribution in [2.24, 2.45) is 23.7 Å². The van der Waals surface area contributed by atoms with Crippen molar-refractivity contribution in [3.05, 3.63) is 0 Å². The second-order valence-electron chi connectivity index (χ2n) is 6.75. The molecule has 1 nitrogen and oxygen atoms in total. The van der Waals surface area contributed by atoms with Gasteiger partial charge in [0.2, 0.25) is 0 Å². The molecule has 3 fully saturated rings. The van der Waals surface area contributed by atoms with Crippen molar-refractivity contribution < 1.29 is 0 Å². The molecule has 0 aromatic carbocycles. The first-order valence-corrected chi connectivity index (χ1v) is 7.56. The maximum absolute atomic E-state index is 3.93. The van der Waals surface area contributed by atoms with E-state index in [4.69, 9.17) is 0 Å². The third kappa shape index (κ3) is 2.80. The molecule has 2 atom stereocenters. The maximum atomic E-state index is 3.93. The highest BCUT2D eigenvalue weighted by Crippen LogP contribution is 2.44. The number of rotatable bonds is 5. The summed E-state index contributed by atoms with van der Waals surface area (Å²) in [7, 11) is 0. The molecule has 0 saturated heterocycles. The summed E-state index contributed by atoms with van der Waals surface area (Å²) in [5, 5.41) is 3.93. The van der Waals surface area contributed by atoms with Crippen LogP contribution in [0.25, 0.3) is 0 Å². The van der Waals surface area contributed by atoms with Crippen LogP contribution in [-0.4, -0.2) is 12.6 Å². The zero-order chi connectivity index (χ0) is 11.0. The molecule has 16 heavy (non-hydrogen) atoms. The van der Waals surface area contributed by atoms with Gasteiger partial charge in [0.25, 0.3) is 0 Å². The van der Waals surface area contributed by atoms with E-state index in [2.05, 4.69) is 12.2 Å². The highest BCUT2D eigenvalue weighted by molar-refractivity contribution is 4.96. The lowest BCUT2D eigenvalue weighted by Gasteiger charge is -2.29. The summed E-state index contributed by atoms with van der Waals surface area (Å²) < 4.78 is 0. The van der Waals surface area contributed by atoms with Gasteiger partial charge in [0, 0.05) is 6.04 Å². The topological polar surface area (TPSA) is 12.0 Å². The summed E-state index contributed by atoms with van der Waals surface area (Å²) in [6.07, 6.45) is 12.0. The van der Waals surface area contributed by atoms with Gasteiger partial charge in [-0.2, -0.15) is 0 Å². The first-order valence-electron chi connectivity index (χ1n) is 7.56. The Morgan fingerprint density at radius 1 is 1.00 bits per heavy atom. The van der Waals surface area contributed by atoms with E-state index in [-0.39, 0.29) is 0 Å². The molecular weight excluding hydrogens is 194 g/mol. The minimum Gasteiger partial charge on any atom is -0.313 e. The molecule has 1 N–H and O–H groups in total. The van der Waals surface area contributed by atoms with Crippen LogP contribution in [0.2, 0.25) is 0 Å². The maximum Gasteiger partial charge on any atom is 0.0124 e. The molecule has 0 aromatic rings. The third-order valence-corrected chi connectivity index (χ3v) is 4.95. The van der Waals surface area contributed by atoms with Crippen LogP contribution in [-0.2, 0) is 0 Å². The van der Waals surface area contributed by atoms with E-state index in [9.17, 15) is 0 Å². The molecule has 1 heteroatoms. The SMILES string of the molecule is CC1CCCC(CNC(C2CC2)C2CC2)C1. The number of hydrogen-bond donors (Lipinski definition) is 1. The quantitative estimate of drug-likeness (QED) is 0.748. The van der Waals surface area contributed by atoms with E-state index >= 15 is 0 Å². The predicted molar refractivity (Wildman–Crippen MR) is 68.4 cm³/mol. The van der Waals surface area contributed by atoms with E-state index in [1.165, 1.54) is 57.9 Å². The standard InChI is InChI=1S/C15H27N/c1-11-3-2-4-12(9-11)10-16-15(13-5-6-13)14-7-8-14/h11-16H,2-10H2,1H3. The summed E-state index contributed by atoms with van der Waals surface area (Å²) in [6, 6.07) is 0.914. The van der Waals surface area contributed by atoms with Gasteiger partial charge >= 0.3 is 0 Å². The Kier molecular flexibility index (Phi) is 3.24. The molecule has 0 spiro atoms. The molecule has 0 aliphatic heterocycles. The molecule has 3 saturated carbocycles. The summed E-state index contributed by atoms with van der Waals surface area (Å²) in [5.41, 5.74) is 0. The van der Waals surface area contributed by atoms with Crippen LogP contribution in [0.5, 0.6) is 0 Å². The van der Waals surface area contributed by atoms with Crippen LogP contribution in [0.1, 0.15) is 58.3 Å². The summed E-state index contributed by atoms with van der Waals surface area (Å²) in [4.78, 5) is 0. The molecule has 0 radical (unpaired) electrons. The van der Waals surface area contributed by atoms with Crippen LogP contribution >= 0.6 is 0 Å². The van der Waals surface area contributed by atoms with Gasteiger partial charge < -0.3 is 5.32 Å². The lowest BCUT2D eigenvalue weighted by atomic mass is 9.82. The Balaban J connectivity index is 1.43. The lowest BCUT2D eigenvalue weighted by molar-refractivity contribution is 0.258. The first-order chi connectivity index (χ1) is 7.83. The Labute approximate surface area is 100 Å². The molecule has 3 rings (SSSR count). The molecule has 2 unspecified atom stereocenters. The van der Waals surface area contributed by atoms with Crippen molar-refractivity contribution >= 4 is 0 Å². The largest absolute Gasteiger partial charge is 0.313 e. The van der Waals surface area contributed by atoms with Gasteiger partial charge in [-0.25, -0.2) is 0 Å². The van der Waals surface area contributed by atoms with E-state index < -0.39 is 0 Å². The molecule has 0 heterocycles. The predicted octanol–water partition coefficient (Wildman–Crippen LogP) is 3.59. The fraction of sp³-hybridized carbons (Fsp3) is 1.00. The number of nitrogens with one attached hydrogen (secondary N) is 1. The normalized spacial score (nSPS) is 35.6. The Morgan fingerprint density at radius 3 is 2.25 bits per heavy atom. The zero-order valence-corrected chi connectivity index (χ0v) is 10.8. The van der Waals surface area contributed by atoms with Crippen molar-refractivity contribution in [2.75, 3.05) is 6.54 Å². The molecule has 0 amide bonds. The van der Waals surface area contributed by atoms with E-state index in [1.54, 1.807) is 0 Å². The lowest BCUT2D eigenvalue weighted by Crippen LogP contribution is -2.37. The van der Waals surface area contributed by atoms with Crippen LogP contribution in [0.3, 0.4) is 0 Å². The van der Waals surface area contributed by atoms with Crippen LogP contribution in [0, 0.1) is 23.7 Å². The number of hydrogen-bond acceptors (Lipinski definition) is 1. The second kappa shape index (κ2) is 4.68. The molecule has 3 aliphatic rings. The van der Waals surface area contributed by atoms with Crippen molar-refractivity contribution in [1.82, 2.24) is 5.32 Å². The van der Waals surface area contributed by atoms with Gasteiger partial charge in [0.15, 0.2) is 0 Å². The summed E-state index contributed by atoms with van der Waals surface area (Å²) in [5.74, 6) is 4.10. The van der Waals surface area contributed by atoms with Gasteiger partial charge in [-0.05, 0) is 68.7 Å². The van der Waals surface area contributed by atoms with E-state index in [0.29, 0.717) is 0 Å². The third-order valence-electron chi connectivity index (χ3n) is 4.95. The minimum atomic E-state index is 0.914. The Morgan fingerprint density at radius 2 is 1.69 bits per heavy atom. The highest BCUT2D eigenvalue weighted by Gasteiger charge is 2.41. The van der Waals surface area contributed by atoms with Gasteiger partial charge in [0.1, 0.15) is 0 Å². The Bertz CT molecular complexity index is 218. The van der Waals surface area contributed by atoms with Gasteiger partial charge in [-0.15, -0.1) is 0 Å². The van der Waals surface area contributed by atoms with E-state index in [0.717, 1.165) is 29.7 Å². The van der Waals surface area contributed by atoms with Crippen molar-refractivity contribution in [2.45, 2.75) is 64.3 Å². The van der Waals surface area contributed by atoms with Gasteiger partial charge in [-0.3, -0.25) is 0 Å². The average molecular weight is 221 g/mol. The van der Waals surface area contributed by atoms with Crippen molar-refractivity contribution in [3.8, 4) is 0 Å². The van der Waals surface area contributed by atoms with Crippen molar-refractivity contribution in [3.63, 3.8) is 0 Å². The summed E-state index contributed by atoms with van der Waals surface area (Å²) >= 11 is 0. The van der Waals surface area contributed by atoms with Gasteiger partial charge in [-0.1, -0.05) is 19.8 Å². The molecule has 3 aliphatic carbocycles. The van der Waals surface area contributed by atoms with Crippen molar-refractivity contribution in [1.29, 1.82) is 0 Å². The smallest absolute Gasteiger partial charge is 0.0124 e. The monoisotopic (exact) mass is 221 g/mol. The average Bonchev–Trinajstić information content (AvgIpc) is 3.13. The molecule has 0 aromatic heterocycles. The van der Waals surface area contributed by atoms with E-state index in [1.807, 2.05) is 0 Å². The fourth-order valence-corrected chi connectivity index (χ4v) is 3.68. The van der Waals surface area contributed by atoms with Crippen LogP contribution in [0.4, 0.5) is 0 Å². The fourth-order valence-electron chi connectivity index (χ4n) is 3.68. The first kappa shape index (κ1) is 11.1. The highest BCUT2D eigenvalue weighted by atomic mass is 14.9. The molecule has 0 bridgehead atoms. The molecular formula is C15H27N. The minimum absolute atomic E-state index is 0.914. The summed E-state index contributed by atoms with van der Waals surface area (Å²) in [6.45, 7) is 3.76. The van der Waals surface area contributed by atoms with Crippen LogP contribution < -0.4 is 5.32 Å². The zero-order valence-electron chi connectivity index (χ0n) is 10.8. The second-order valence-corrected chi connectivity index (χ2v) is 6.75. The van der Waals surface area contributed by atoms with Crippen LogP contribution in [0.15, 0.2) is 0 Å². The molecule has 92 valence electrons. The van der Waals surface area contributed by atoms with Gasteiger partial charge in [0.05, 0.1) is 0 Å². The Hall–Kier alpha value is -0.0400.